The number of carbonyl (C=O) groups excluding carboxylic acids is 1. The van der Waals surface area contributed by atoms with Crippen molar-refractivity contribution >= 4 is 11.9 Å². The van der Waals surface area contributed by atoms with Gasteiger partial charge >= 0.3 is 11.9 Å². The lowest BCUT2D eigenvalue weighted by Crippen LogP contribution is -2.21. The third-order valence-electron chi connectivity index (χ3n) is 1.01. The summed E-state index contributed by atoms with van der Waals surface area (Å²) in [7, 11) is 0. The zero-order valence-electron chi connectivity index (χ0n) is 8.20. The van der Waals surface area contributed by atoms with Crippen LogP contribution in [0.15, 0.2) is 5.16 Å². The van der Waals surface area contributed by atoms with Crippen LogP contribution >= 0.6 is 0 Å². The second-order valence-corrected chi connectivity index (χ2v) is 1.97. The van der Waals surface area contributed by atoms with Gasteiger partial charge in [0, 0.05) is 0 Å². The van der Waals surface area contributed by atoms with Gasteiger partial charge in [-0.15, -0.1) is 0 Å². The first-order chi connectivity index (χ1) is 6.26. The fraction of sp³-hybridized carbons (Fsp3) is 0.750. The molecule has 0 atom stereocenters. The first-order valence-corrected chi connectivity index (χ1v) is 4.26. The van der Waals surface area contributed by atoms with Crippen LogP contribution in [-0.2, 0) is 19.1 Å². The van der Waals surface area contributed by atoms with Crippen LogP contribution in [-0.4, -0.2) is 31.7 Å². The molecule has 76 valence electrons. The van der Waals surface area contributed by atoms with Gasteiger partial charge in [-0.3, -0.25) is 0 Å². The van der Waals surface area contributed by atoms with Crippen molar-refractivity contribution in [2.45, 2.75) is 20.8 Å². The van der Waals surface area contributed by atoms with Crippen LogP contribution in [0.1, 0.15) is 20.8 Å². The van der Waals surface area contributed by atoms with Crippen molar-refractivity contribution in [1.82, 2.24) is 0 Å². The van der Waals surface area contributed by atoms with E-state index < -0.39 is 5.97 Å². The Morgan fingerprint density at radius 1 is 1.08 bits per heavy atom. The highest BCUT2D eigenvalue weighted by atomic mass is 16.7. The first-order valence-electron chi connectivity index (χ1n) is 4.26. The van der Waals surface area contributed by atoms with Gasteiger partial charge in [0.15, 0.2) is 0 Å². The zero-order valence-corrected chi connectivity index (χ0v) is 8.20. The lowest BCUT2D eigenvalue weighted by Gasteiger charge is -2.05. The van der Waals surface area contributed by atoms with E-state index in [-0.39, 0.29) is 12.5 Å². The van der Waals surface area contributed by atoms with E-state index >= 15 is 0 Å². The SMILES string of the molecule is CCO/N=C(\OCC)C(=O)OCC. The average molecular weight is 189 g/mol. The van der Waals surface area contributed by atoms with Crippen molar-refractivity contribution in [2.75, 3.05) is 19.8 Å². The molecule has 0 radical (unpaired) electrons. The highest BCUT2D eigenvalue weighted by Gasteiger charge is 2.14. The van der Waals surface area contributed by atoms with Crippen molar-refractivity contribution in [3.05, 3.63) is 0 Å². The van der Waals surface area contributed by atoms with Crippen LogP contribution in [0.25, 0.3) is 0 Å². The molecule has 0 aromatic carbocycles. The van der Waals surface area contributed by atoms with Gasteiger partial charge in [0.05, 0.1) is 13.2 Å². The third-order valence-corrected chi connectivity index (χ3v) is 1.01. The zero-order chi connectivity index (χ0) is 10.1. The van der Waals surface area contributed by atoms with E-state index in [4.69, 9.17) is 4.74 Å². The highest BCUT2D eigenvalue weighted by Crippen LogP contribution is 1.90. The predicted molar refractivity (Wildman–Crippen MR) is 47.3 cm³/mol. The molecule has 0 aromatic heterocycles. The monoisotopic (exact) mass is 189 g/mol. The fourth-order valence-corrected chi connectivity index (χ4v) is 0.575. The summed E-state index contributed by atoms with van der Waals surface area (Å²) in [6.07, 6.45) is 0. The fourth-order valence-electron chi connectivity index (χ4n) is 0.575. The number of esters is 1. The molecule has 0 aliphatic rings. The summed E-state index contributed by atoms with van der Waals surface area (Å²) in [5.41, 5.74) is 0. The first kappa shape index (κ1) is 11.7. The van der Waals surface area contributed by atoms with Gasteiger partial charge < -0.3 is 14.3 Å². The topological polar surface area (TPSA) is 57.1 Å². The van der Waals surface area contributed by atoms with Crippen LogP contribution in [0.4, 0.5) is 0 Å². The van der Waals surface area contributed by atoms with Gasteiger partial charge in [0.2, 0.25) is 0 Å². The predicted octanol–water partition coefficient (Wildman–Crippen LogP) is 0.936. The van der Waals surface area contributed by atoms with Crippen LogP contribution in [0.3, 0.4) is 0 Å². The maximum atomic E-state index is 11.1. The Balaban J connectivity index is 4.13. The Hall–Kier alpha value is -1.26. The lowest BCUT2D eigenvalue weighted by atomic mass is 10.6. The molecule has 0 rings (SSSR count). The second-order valence-electron chi connectivity index (χ2n) is 1.97. The van der Waals surface area contributed by atoms with Crippen LogP contribution in [0, 0.1) is 0 Å². The molecule has 0 unspecified atom stereocenters. The maximum Gasteiger partial charge on any atom is 0.397 e. The minimum absolute atomic E-state index is 0.133. The smallest absolute Gasteiger partial charge is 0.397 e. The number of oxime groups is 1. The van der Waals surface area contributed by atoms with E-state index in [1.165, 1.54) is 0 Å². The number of ether oxygens (including phenoxy) is 2. The molecule has 13 heavy (non-hydrogen) atoms. The normalized spacial score (nSPS) is 10.8. The van der Waals surface area contributed by atoms with Gasteiger partial charge in [-0.05, 0) is 25.9 Å². The van der Waals surface area contributed by atoms with E-state index in [2.05, 4.69) is 14.7 Å². The molecule has 0 heterocycles. The van der Waals surface area contributed by atoms with Crippen LogP contribution in [0.5, 0.6) is 0 Å². The number of rotatable bonds is 4. The average Bonchev–Trinajstić information content (AvgIpc) is 2.12. The molecule has 0 N–H and O–H groups in total. The maximum absolute atomic E-state index is 11.1. The van der Waals surface area contributed by atoms with E-state index in [1.807, 2.05) is 0 Å². The van der Waals surface area contributed by atoms with Crippen molar-refractivity contribution in [2.24, 2.45) is 5.16 Å². The molecular weight excluding hydrogens is 174 g/mol. The molecule has 0 bridgehead atoms. The van der Waals surface area contributed by atoms with Gasteiger partial charge in [0.25, 0.3) is 0 Å². The van der Waals surface area contributed by atoms with Crippen molar-refractivity contribution in [1.29, 1.82) is 0 Å². The summed E-state index contributed by atoms with van der Waals surface area (Å²) >= 11 is 0. The molecule has 5 nitrogen and oxygen atoms in total. The Bertz CT molecular complexity index is 179. The summed E-state index contributed by atoms with van der Waals surface area (Å²) < 4.78 is 9.59. The second kappa shape index (κ2) is 7.39. The Labute approximate surface area is 77.6 Å². The Kier molecular flexibility index (Phi) is 6.68. The highest BCUT2D eigenvalue weighted by molar-refractivity contribution is 6.32. The number of hydrogen-bond donors (Lipinski definition) is 0. The van der Waals surface area contributed by atoms with Gasteiger partial charge in [-0.2, -0.15) is 0 Å². The molecule has 0 aliphatic heterocycles. The molecule has 0 saturated carbocycles. The summed E-state index contributed by atoms with van der Waals surface area (Å²) in [6, 6.07) is 0. The molecule has 0 saturated heterocycles. The standard InChI is InChI=1S/C8H15NO4/c1-4-11-7(9-13-6-3)8(10)12-5-2/h4-6H2,1-3H3/b9-7-. The molecular formula is C8H15NO4. The molecule has 0 aromatic rings. The summed E-state index contributed by atoms with van der Waals surface area (Å²) in [5, 5.41) is 3.47. The van der Waals surface area contributed by atoms with E-state index in [9.17, 15) is 4.79 Å². The van der Waals surface area contributed by atoms with Crippen LogP contribution < -0.4 is 0 Å². The summed E-state index contributed by atoms with van der Waals surface area (Å²) in [5.74, 6) is -0.732. The number of hydrogen-bond acceptors (Lipinski definition) is 5. The van der Waals surface area contributed by atoms with Gasteiger partial charge in [-0.25, -0.2) is 4.79 Å². The number of nitrogens with zero attached hydrogens (tertiary/aromatic N) is 1. The Morgan fingerprint density at radius 3 is 2.15 bits per heavy atom. The molecule has 0 fully saturated rings. The van der Waals surface area contributed by atoms with E-state index in [1.54, 1.807) is 20.8 Å². The largest absolute Gasteiger partial charge is 0.471 e. The van der Waals surface area contributed by atoms with Gasteiger partial charge in [0.1, 0.15) is 6.61 Å². The third kappa shape index (κ3) is 5.05. The minimum Gasteiger partial charge on any atom is -0.471 e. The van der Waals surface area contributed by atoms with Crippen molar-refractivity contribution in [3.63, 3.8) is 0 Å². The van der Waals surface area contributed by atoms with E-state index in [0.717, 1.165) is 0 Å². The van der Waals surface area contributed by atoms with Crippen LogP contribution in [0.2, 0.25) is 0 Å². The van der Waals surface area contributed by atoms with Crippen molar-refractivity contribution in [3.8, 4) is 0 Å². The molecule has 5 heteroatoms. The molecule has 0 spiro atoms. The minimum atomic E-state index is -0.599. The Morgan fingerprint density at radius 2 is 1.69 bits per heavy atom. The summed E-state index contributed by atoms with van der Waals surface area (Å²) in [4.78, 5) is 15.8. The van der Waals surface area contributed by atoms with Gasteiger partial charge in [-0.1, -0.05) is 0 Å². The summed E-state index contributed by atoms with van der Waals surface area (Å²) in [6.45, 7) is 6.25. The molecule has 0 aliphatic carbocycles. The molecule has 0 amide bonds. The van der Waals surface area contributed by atoms with Crippen molar-refractivity contribution < 1.29 is 19.1 Å². The number of carbonyl (C=O) groups is 1. The lowest BCUT2D eigenvalue weighted by molar-refractivity contribution is -0.137. The quantitative estimate of drug-likeness (QED) is 0.286. The van der Waals surface area contributed by atoms with E-state index in [0.29, 0.717) is 13.2 Å².